The highest BCUT2D eigenvalue weighted by molar-refractivity contribution is 7.13. The summed E-state index contributed by atoms with van der Waals surface area (Å²) in [5, 5.41) is 5.93. The topological polar surface area (TPSA) is 51.2 Å². The van der Waals surface area contributed by atoms with Gasteiger partial charge in [-0.1, -0.05) is 42.0 Å². The van der Waals surface area contributed by atoms with E-state index in [1.54, 1.807) is 18.4 Å². The van der Waals surface area contributed by atoms with Crippen molar-refractivity contribution in [1.29, 1.82) is 0 Å². The van der Waals surface area contributed by atoms with Crippen LogP contribution in [0.5, 0.6) is 5.75 Å². The summed E-state index contributed by atoms with van der Waals surface area (Å²) in [6.45, 7) is 2.61. The Morgan fingerprint density at radius 3 is 2.85 bits per heavy atom. The Kier molecular flexibility index (Phi) is 6.02. The van der Waals surface area contributed by atoms with Crippen molar-refractivity contribution in [2.45, 2.75) is 26.3 Å². The molecular weight excluding hydrogens is 344 g/mol. The van der Waals surface area contributed by atoms with Crippen molar-refractivity contribution in [3.63, 3.8) is 0 Å². The molecule has 0 radical (unpaired) electrons. The van der Waals surface area contributed by atoms with E-state index < -0.39 is 0 Å². The Labute approximate surface area is 157 Å². The first-order valence-corrected chi connectivity index (χ1v) is 9.43. The van der Waals surface area contributed by atoms with E-state index in [0.29, 0.717) is 19.4 Å². The van der Waals surface area contributed by atoms with E-state index in [1.807, 2.05) is 54.8 Å². The molecule has 4 nitrogen and oxygen atoms in total. The summed E-state index contributed by atoms with van der Waals surface area (Å²) in [5.41, 5.74) is 4.29. The Bertz CT molecular complexity index is 889. The molecule has 0 saturated heterocycles. The van der Waals surface area contributed by atoms with Gasteiger partial charge in [-0.3, -0.25) is 4.79 Å². The van der Waals surface area contributed by atoms with Crippen LogP contribution in [0.3, 0.4) is 0 Å². The quantitative estimate of drug-likeness (QED) is 0.675. The zero-order chi connectivity index (χ0) is 18.4. The molecule has 3 rings (SSSR count). The number of hydrogen-bond donors (Lipinski definition) is 1. The number of nitrogens with one attached hydrogen (secondary N) is 1. The molecule has 3 aromatic rings. The molecule has 5 heteroatoms. The molecule has 0 fully saturated rings. The normalized spacial score (nSPS) is 10.5. The van der Waals surface area contributed by atoms with E-state index in [1.165, 1.54) is 5.56 Å². The number of ether oxygens (including phenoxy) is 1. The molecule has 1 amide bonds. The number of methoxy groups -OCH3 is 1. The van der Waals surface area contributed by atoms with Crippen LogP contribution in [0.15, 0.2) is 53.9 Å². The summed E-state index contributed by atoms with van der Waals surface area (Å²) in [6.07, 6.45) is 1.08. The second kappa shape index (κ2) is 8.63. The smallest absolute Gasteiger partial charge is 0.220 e. The number of nitrogens with zero attached hydrogens (tertiary/aromatic N) is 1. The molecule has 1 aromatic heterocycles. The maximum absolute atomic E-state index is 12.1. The van der Waals surface area contributed by atoms with Crippen molar-refractivity contribution in [2.24, 2.45) is 0 Å². The number of aryl methyl sites for hydroxylation is 2. The number of amides is 1. The maximum atomic E-state index is 12.1. The van der Waals surface area contributed by atoms with Crippen LogP contribution in [0.25, 0.3) is 10.6 Å². The Hall–Kier alpha value is -2.66. The maximum Gasteiger partial charge on any atom is 0.220 e. The first-order chi connectivity index (χ1) is 12.6. The fourth-order valence-electron chi connectivity index (χ4n) is 2.66. The number of aromatic nitrogens is 1. The molecule has 1 N–H and O–H groups in total. The summed E-state index contributed by atoms with van der Waals surface area (Å²) < 4.78 is 5.26. The van der Waals surface area contributed by atoms with E-state index in [4.69, 9.17) is 4.74 Å². The number of thiazole rings is 1. The summed E-state index contributed by atoms with van der Waals surface area (Å²) in [4.78, 5) is 16.7. The molecule has 0 unspecified atom stereocenters. The molecule has 0 spiro atoms. The fraction of sp³-hybridized carbons (Fsp3) is 0.238. The molecule has 0 aliphatic rings. The van der Waals surface area contributed by atoms with Crippen molar-refractivity contribution < 1.29 is 9.53 Å². The second-order valence-corrected chi connectivity index (χ2v) is 7.00. The average molecular weight is 366 g/mol. The minimum atomic E-state index is 0.0439. The van der Waals surface area contributed by atoms with E-state index >= 15 is 0 Å². The summed E-state index contributed by atoms with van der Waals surface area (Å²) in [7, 11) is 1.65. The lowest BCUT2D eigenvalue weighted by Gasteiger charge is -2.05. The lowest BCUT2D eigenvalue weighted by molar-refractivity contribution is -0.121. The van der Waals surface area contributed by atoms with Crippen molar-refractivity contribution in [1.82, 2.24) is 10.3 Å². The van der Waals surface area contributed by atoms with Gasteiger partial charge in [-0.05, 0) is 31.0 Å². The van der Waals surface area contributed by atoms with Crippen LogP contribution in [0.1, 0.15) is 23.2 Å². The number of rotatable bonds is 7. The van der Waals surface area contributed by atoms with Crippen molar-refractivity contribution in [3.8, 4) is 16.3 Å². The lowest BCUT2D eigenvalue weighted by atomic mass is 10.1. The third kappa shape index (κ3) is 4.92. The molecule has 0 saturated carbocycles. The molecular formula is C21H22N2O2S. The Morgan fingerprint density at radius 1 is 1.19 bits per heavy atom. The SMILES string of the molecule is COc1cccc(-c2nc(CCC(=O)NCc3cccc(C)c3)cs2)c1. The Balaban J connectivity index is 1.52. The first kappa shape index (κ1) is 18.1. The van der Waals surface area contributed by atoms with E-state index in [2.05, 4.69) is 16.4 Å². The van der Waals surface area contributed by atoms with Crippen LogP contribution >= 0.6 is 11.3 Å². The highest BCUT2D eigenvalue weighted by Gasteiger charge is 2.08. The van der Waals surface area contributed by atoms with Crippen LogP contribution in [0, 0.1) is 6.92 Å². The average Bonchev–Trinajstić information content (AvgIpc) is 3.14. The third-order valence-electron chi connectivity index (χ3n) is 4.05. The number of hydrogen-bond acceptors (Lipinski definition) is 4. The molecule has 0 bridgehead atoms. The zero-order valence-electron chi connectivity index (χ0n) is 15.0. The molecule has 0 aliphatic heterocycles. The lowest BCUT2D eigenvalue weighted by Crippen LogP contribution is -2.23. The monoisotopic (exact) mass is 366 g/mol. The molecule has 0 aliphatic carbocycles. The van der Waals surface area contributed by atoms with Crippen molar-refractivity contribution in [2.75, 3.05) is 7.11 Å². The van der Waals surface area contributed by atoms with Gasteiger partial charge in [0.05, 0.1) is 12.8 Å². The van der Waals surface area contributed by atoms with Gasteiger partial charge in [0.15, 0.2) is 0 Å². The highest BCUT2D eigenvalue weighted by atomic mass is 32.1. The van der Waals surface area contributed by atoms with Gasteiger partial charge in [0.1, 0.15) is 10.8 Å². The summed E-state index contributed by atoms with van der Waals surface area (Å²) >= 11 is 1.59. The second-order valence-electron chi connectivity index (χ2n) is 6.14. The molecule has 0 atom stereocenters. The largest absolute Gasteiger partial charge is 0.497 e. The molecule has 2 aromatic carbocycles. The summed E-state index contributed by atoms with van der Waals surface area (Å²) in [5.74, 6) is 0.859. The van der Waals surface area contributed by atoms with Gasteiger partial charge >= 0.3 is 0 Å². The van der Waals surface area contributed by atoms with Crippen LogP contribution in [0.2, 0.25) is 0 Å². The van der Waals surface area contributed by atoms with Gasteiger partial charge in [-0.15, -0.1) is 11.3 Å². The highest BCUT2D eigenvalue weighted by Crippen LogP contribution is 2.27. The van der Waals surface area contributed by atoms with E-state index in [0.717, 1.165) is 27.6 Å². The van der Waals surface area contributed by atoms with Crippen LogP contribution in [-0.2, 0) is 17.8 Å². The van der Waals surface area contributed by atoms with Gasteiger partial charge in [0, 0.05) is 23.9 Å². The van der Waals surface area contributed by atoms with Crippen molar-refractivity contribution in [3.05, 3.63) is 70.7 Å². The third-order valence-corrected chi connectivity index (χ3v) is 4.99. The zero-order valence-corrected chi connectivity index (χ0v) is 15.8. The predicted molar refractivity (Wildman–Crippen MR) is 105 cm³/mol. The van der Waals surface area contributed by atoms with Crippen LogP contribution in [0.4, 0.5) is 0 Å². The van der Waals surface area contributed by atoms with Gasteiger partial charge < -0.3 is 10.1 Å². The number of carbonyl (C=O) groups excluding carboxylic acids is 1. The van der Waals surface area contributed by atoms with Crippen molar-refractivity contribution >= 4 is 17.2 Å². The van der Waals surface area contributed by atoms with Gasteiger partial charge in [-0.25, -0.2) is 4.98 Å². The summed E-state index contributed by atoms with van der Waals surface area (Å²) in [6, 6.07) is 16.0. The number of benzene rings is 2. The molecule has 1 heterocycles. The van der Waals surface area contributed by atoms with Gasteiger partial charge in [0.2, 0.25) is 5.91 Å². The predicted octanol–water partition coefficient (Wildman–Crippen LogP) is 4.38. The molecule has 26 heavy (non-hydrogen) atoms. The fourth-order valence-corrected chi connectivity index (χ4v) is 3.51. The standard InChI is InChI=1S/C21H22N2O2S/c1-15-5-3-6-16(11-15)13-22-20(24)10-9-18-14-26-21(23-18)17-7-4-8-19(12-17)25-2/h3-8,11-12,14H,9-10,13H2,1-2H3,(H,22,24). The van der Waals surface area contributed by atoms with Crippen LogP contribution < -0.4 is 10.1 Å². The molecule has 134 valence electrons. The minimum Gasteiger partial charge on any atom is -0.497 e. The van der Waals surface area contributed by atoms with Gasteiger partial charge in [-0.2, -0.15) is 0 Å². The van der Waals surface area contributed by atoms with Crippen LogP contribution in [-0.4, -0.2) is 18.0 Å². The Morgan fingerprint density at radius 2 is 2.04 bits per heavy atom. The van der Waals surface area contributed by atoms with Gasteiger partial charge in [0.25, 0.3) is 0 Å². The van der Waals surface area contributed by atoms with E-state index in [-0.39, 0.29) is 5.91 Å². The van der Waals surface area contributed by atoms with E-state index in [9.17, 15) is 4.79 Å². The number of carbonyl (C=O) groups is 1. The first-order valence-electron chi connectivity index (χ1n) is 8.55. The minimum absolute atomic E-state index is 0.0439.